The zero-order valence-corrected chi connectivity index (χ0v) is 14.3. The van der Waals surface area contributed by atoms with Crippen LogP contribution in [0.25, 0.3) is 0 Å². The predicted molar refractivity (Wildman–Crippen MR) is 91.1 cm³/mol. The number of aliphatic hydroxyl groups is 1. The highest BCUT2D eigenvalue weighted by Crippen LogP contribution is 2.14. The van der Waals surface area contributed by atoms with E-state index >= 15 is 0 Å². The van der Waals surface area contributed by atoms with Crippen LogP contribution in [0.15, 0.2) is 11.6 Å². The van der Waals surface area contributed by atoms with Gasteiger partial charge in [-0.25, -0.2) is 0 Å². The van der Waals surface area contributed by atoms with Crippen LogP contribution in [0.3, 0.4) is 0 Å². The van der Waals surface area contributed by atoms with E-state index in [0.717, 1.165) is 19.3 Å². The summed E-state index contributed by atoms with van der Waals surface area (Å²) in [5.74, 6) is 0. The summed E-state index contributed by atoms with van der Waals surface area (Å²) in [6.45, 7) is 6.66. The molecule has 1 atom stereocenters. The van der Waals surface area contributed by atoms with Crippen molar-refractivity contribution in [2.45, 2.75) is 110 Å². The Hall–Kier alpha value is -0.300. The third kappa shape index (κ3) is 14.1. The molecule has 0 radical (unpaired) electrons. The second-order valence-corrected chi connectivity index (χ2v) is 6.31. The summed E-state index contributed by atoms with van der Waals surface area (Å²) in [7, 11) is 0. The minimum Gasteiger partial charge on any atom is -0.393 e. The quantitative estimate of drug-likeness (QED) is 0.288. The van der Waals surface area contributed by atoms with E-state index in [1.807, 2.05) is 0 Å². The van der Waals surface area contributed by atoms with Gasteiger partial charge in [0.2, 0.25) is 0 Å². The molecule has 0 aliphatic carbocycles. The van der Waals surface area contributed by atoms with Gasteiger partial charge in [0.1, 0.15) is 0 Å². The lowest BCUT2D eigenvalue weighted by molar-refractivity contribution is 0.164. The van der Waals surface area contributed by atoms with Gasteiger partial charge in [-0.15, -0.1) is 0 Å². The van der Waals surface area contributed by atoms with Crippen molar-refractivity contribution in [2.24, 2.45) is 0 Å². The second kappa shape index (κ2) is 15.1. The molecule has 0 aromatic heterocycles. The van der Waals surface area contributed by atoms with E-state index < -0.39 is 0 Å². The van der Waals surface area contributed by atoms with Gasteiger partial charge in [-0.2, -0.15) is 0 Å². The van der Waals surface area contributed by atoms with Crippen molar-refractivity contribution in [3.05, 3.63) is 11.6 Å². The molecule has 0 spiro atoms. The van der Waals surface area contributed by atoms with Crippen molar-refractivity contribution in [2.75, 3.05) is 0 Å². The van der Waals surface area contributed by atoms with Gasteiger partial charge in [0.05, 0.1) is 6.10 Å². The summed E-state index contributed by atoms with van der Waals surface area (Å²) in [6.07, 6.45) is 18.6. The lowest BCUT2D eigenvalue weighted by atomic mass is 10.0. The Morgan fingerprint density at radius 1 is 0.850 bits per heavy atom. The Morgan fingerprint density at radius 3 is 2.00 bits per heavy atom. The van der Waals surface area contributed by atoms with Crippen molar-refractivity contribution in [3.63, 3.8) is 0 Å². The molecular weight excluding hydrogens is 244 g/mol. The molecule has 20 heavy (non-hydrogen) atoms. The fourth-order valence-corrected chi connectivity index (χ4v) is 2.53. The summed E-state index contributed by atoms with van der Waals surface area (Å²) in [5.41, 5.74) is 1.46. The average molecular weight is 283 g/mol. The highest BCUT2D eigenvalue weighted by atomic mass is 16.3. The monoisotopic (exact) mass is 282 g/mol. The first-order valence-corrected chi connectivity index (χ1v) is 9.04. The highest BCUT2D eigenvalue weighted by Gasteiger charge is 2.01. The predicted octanol–water partition coefficient (Wildman–Crippen LogP) is 6.40. The topological polar surface area (TPSA) is 20.2 Å². The fourth-order valence-electron chi connectivity index (χ4n) is 2.53. The maximum atomic E-state index is 9.80. The normalized spacial score (nSPS) is 13.7. The number of hydrogen-bond acceptors (Lipinski definition) is 1. The number of aliphatic hydroxyl groups excluding tert-OH is 1. The molecule has 0 saturated carbocycles. The molecule has 0 aliphatic heterocycles. The molecule has 0 heterocycles. The molecule has 120 valence electrons. The maximum Gasteiger partial charge on any atom is 0.0574 e. The smallest absolute Gasteiger partial charge is 0.0574 e. The third-order valence-electron chi connectivity index (χ3n) is 4.05. The van der Waals surface area contributed by atoms with Gasteiger partial charge < -0.3 is 5.11 Å². The third-order valence-corrected chi connectivity index (χ3v) is 4.05. The van der Waals surface area contributed by atoms with E-state index in [-0.39, 0.29) is 6.10 Å². The van der Waals surface area contributed by atoms with Crippen LogP contribution in [0.2, 0.25) is 0 Å². The number of rotatable bonds is 14. The fraction of sp³-hybridized carbons (Fsp3) is 0.895. The van der Waals surface area contributed by atoms with Gasteiger partial charge in [0.15, 0.2) is 0 Å². The summed E-state index contributed by atoms with van der Waals surface area (Å²) in [5, 5.41) is 9.80. The molecule has 0 aromatic carbocycles. The first kappa shape index (κ1) is 19.7. The van der Waals surface area contributed by atoms with Crippen LogP contribution < -0.4 is 0 Å². The molecular formula is C19H38O. The Labute approximate surface area is 127 Å². The van der Waals surface area contributed by atoms with Crippen LogP contribution in [0.1, 0.15) is 104 Å². The molecule has 0 aliphatic rings. The van der Waals surface area contributed by atoms with Crippen LogP contribution in [0, 0.1) is 0 Å². The molecule has 0 saturated heterocycles. The lowest BCUT2D eigenvalue weighted by Gasteiger charge is -2.08. The van der Waals surface area contributed by atoms with E-state index in [1.54, 1.807) is 0 Å². The van der Waals surface area contributed by atoms with Gasteiger partial charge in [-0.1, -0.05) is 83.3 Å². The maximum absolute atomic E-state index is 9.80. The first-order valence-electron chi connectivity index (χ1n) is 9.04. The summed E-state index contributed by atoms with van der Waals surface area (Å²) >= 11 is 0. The van der Waals surface area contributed by atoms with E-state index in [0.29, 0.717) is 0 Å². The zero-order valence-electron chi connectivity index (χ0n) is 14.3. The molecule has 0 amide bonds. The molecule has 1 nitrogen and oxygen atoms in total. The molecule has 0 fully saturated rings. The lowest BCUT2D eigenvalue weighted by Crippen LogP contribution is -2.04. The Kier molecular flexibility index (Phi) is 14.9. The average Bonchev–Trinajstić information content (AvgIpc) is 2.45. The van der Waals surface area contributed by atoms with Crippen LogP contribution >= 0.6 is 0 Å². The summed E-state index contributed by atoms with van der Waals surface area (Å²) < 4.78 is 0. The largest absolute Gasteiger partial charge is 0.393 e. The van der Waals surface area contributed by atoms with Crippen molar-refractivity contribution < 1.29 is 5.11 Å². The van der Waals surface area contributed by atoms with Crippen LogP contribution in [-0.4, -0.2) is 11.2 Å². The second-order valence-electron chi connectivity index (χ2n) is 6.31. The number of allylic oxidation sites excluding steroid dienone is 1. The standard InChI is InChI=1S/C19H38O/c1-4-6-8-9-10-11-12-13-14-18(3)16-17-19(20)15-7-5-2/h16,19-20H,4-15,17H2,1-3H3. The van der Waals surface area contributed by atoms with Crippen LogP contribution in [0.4, 0.5) is 0 Å². The molecule has 1 unspecified atom stereocenters. The Bertz CT molecular complexity index is 220. The molecule has 1 heteroatoms. The van der Waals surface area contributed by atoms with Gasteiger partial charge in [0.25, 0.3) is 0 Å². The molecule has 1 N–H and O–H groups in total. The van der Waals surface area contributed by atoms with E-state index in [4.69, 9.17) is 0 Å². The highest BCUT2D eigenvalue weighted by molar-refractivity contribution is 4.98. The minimum absolute atomic E-state index is 0.122. The first-order chi connectivity index (χ1) is 9.70. The van der Waals surface area contributed by atoms with Crippen molar-refractivity contribution >= 4 is 0 Å². The van der Waals surface area contributed by atoms with Gasteiger partial charge >= 0.3 is 0 Å². The Balaban J connectivity index is 3.40. The van der Waals surface area contributed by atoms with Gasteiger partial charge in [0, 0.05) is 0 Å². The minimum atomic E-state index is -0.122. The van der Waals surface area contributed by atoms with Crippen molar-refractivity contribution in [1.29, 1.82) is 0 Å². The molecule has 0 bridgehead atoms. The number of hydrogen-bond donors (Lipinski definition) is 1. The van der Waals surface area contributed by atoms with Gasteiger partial charge in [-0.05, 0) is 32.6 Å². The van der Waals surface area contributed by atoms with Crippen LogP contribution in [-0.2, 0) is 0 Å². The molecule has 0 aromatic rings. The SMILES string of the molecule is CCCCCCCCCCC(C)=CCC(O)CCCC. The Morgan fingerprint density at radius 2 is 1.40 bits per heavy atom. The van der Waals surface area contributed by atoms with Crippen molar-refractivity contribution in [3.8, 4) is 0 Å². The van der Waals surface area contributed by atoms with E-state index in [1.165, 1.54) is 69.8 Å². The van der Waals surface area contributed by atoms with E-state index in [9.17, 15) is 5.11 Å². The van der Waals surface area contributed by atoms with Gasteiger partial charge in [-0.3, -0.25) is 0 Å². The number of unbranched alkanes of at least 4 members (excludes halogenated alkanes) is 8. The summed E-state index contributed by atoms with van der Waals surface area (Å²) in [4.78, 5) is 0. The van der Waals surface area contributed by atoms with Crippen LogP contribution in [0.5, 0.6) is 0 Å². The molecule has 0 rings (SSSR count). The van der Waals surface area contributed by atoms with Crippen molar-refractivity contribution in [1.82, 2.24) is 0 Å². The summed E-state index contributed by atoms with van der Waals surface area (Å²) in [6, 6.07) is 0. The van der Waals surface area contributed by atoms with E-state index in [2.05, 4.69) is 26.8 Å². The zero-order chi connectivity index (χ0) is 15.1.